The van der Waals surface area contributed by atoms with Crippen molar-refractivity contribution in [2.45, 2.75) is 12.6 Å². The number of benzene rings is 1. The molecule has 0 atom stereocenters. The van der Waals surface area contributed by atoms with Gasteiger partial charge in [0.2, 0.25) is 0 Å². The third kappa shape index (κ3) is 3.14. The Bertz CT molecular complexity index is 520. The molecule has 96 valence electrons. The van der Waals surface area contributed by atoms with Crippen LogP contribution in [0.25, 0.3) is 0 Å². The smallest absolute Gasteiger partial charge is 0.416 e. The molecular formula is C11H7ClF3NO2. The highest BCUT2D eigenvalue weighted by atomic mass is 35.5. The van der Waals surface area contributed by atoms with Crippen molar-refractivity contribution >= 4 is 17.6 Å². The molecule has 0 saturated heterocycles. The first-order valence-electron chi connectivity index (χ1n) is 4.66. The molecule has 0 aromatic heterocycles. The Balaban J connectivity index is 3.44. The number of carbonyl (C=O) groups is 1. The zero-order valence-electron chi connectivity index (χ0n) is 9.14. The number of ether oxygens (including phenoxy) is 1. The molecule has 1 aromatic carbocycles. The van der Waals surface area contributed by atoms with Crippen LogP contribution in [-0.2, 0) is 22.1 Å². The van der Waals surface area contributed by atoms with Crippen molar-refractivity contribution in [3.05, 3.63) is 33.8 Å². The van der Waals surface area contributed by atoms with E-state index in [1.54, 1.807) is 6.07 Å². The summed E-state index contributed by atoms with van der Waals surface area (Å²) < 4.78 is 42.6. The van der Waals surface area contributed by atoms with Crippen molar-refractivity contribution < 1.29 is 22.7 Å². The zero-order chi connectivity index (χ0) is 13.9. The maximum absolute atomic E-state index is 12.8. The second-order valence-electron chi connectivity index (χ2n) is 3.34. The molecule has 1 rings (SSSR count). The van der Waals surface area contributed by atoms with E-state index in [4.69, 9.17) is 16.9 Å². The molecule has 0 heterocycles. The number of methoxy groups -OCH3 is 1. The quantitative estimate of drug-likeness (QED) is 0.781. The van der Waals surface area contributed by atoms with Crippen LogP contribution in [0.3, 0.4) is 0 Å². The van der Waals surface area contributed by atoms with Gasteiger partial charge in [-0.2, -0.15) is 18.4 Å². The minimum atomic E-state index is -4.69. The average molecular weight is 278 g/mol. The van der Waals surface area contributed by atoms with E-state index in [1.165, 1.54) is 0 Å². The minimum absolute atomic E-state index is 0.215. The largest absolute Gasteiger partial charge is 0.469 e. The number of halogens is 4. The van der Waals surface area contributed by atoms with Crippen LogP contribution in [0.4, 0.5) is 13.2 Å². The lowest BCUT2D eigenvalue weighted by atomic mass is 9.98. The van der Waals surface area contributed by atoms with Crippen LogP contribution in [0.5, 0.6) is 0 Å². The summed E-state index contributed by atoms with van der Waals surface area (Å²) in [6, 6.07) is 3.35. The van der Waals surface area contributed by atoms with Crippen LogP contribution in [0.1, 0.15) is 16.7 Å². The summed E-state index contributed by atoms with van der Waals surface area (Å²) >= 11 is 5.51. The molecule has 0 fully saturated rings. The summed E-state index contributed by atoms with van der Waals surface area (Å²) in [6.45, 7) is 0. The van der Waals surface area contributed by atoms with Crippen molar-refractivity contribution in [3.8, 4) is 6.07 Å². The minimum Gasteiger partial charge on any atom is -0.469 e. The molecular weight excluding hydrogens is 271 g/mol. The van der Waals surface area contributed by atoms with E-state index in [-0.39, 0.29) is 10.6 Å². The van der Waals surface area contributed by atoms with Crippen LogP contribution in [0.15, 0.2) is 12.1 Å². The number of esters is 1. The molecule has 18 heavy (non-hydrogen) atoms. The topological polar surface area (TPSA) is 50.1 Å². The Morgan fingerprint density at radius 3 is 2.56 bits per heavy atom. The first-order valence-corrected chi connectivity index (χ1v) is 5.04. The molecule has 3 nitrogen and oxygen atoms in total. The van der Waals surface area contributed by atoms with E-state index >= 15 is 0 Å². The molecule has 0 amide bonds. The van der Waals surface area contributed by atoms with Gasteiger partial charge in [0.25, 0.3) is 0 Å². The molecule has 0 saturated carbocycles. The fourth-order valence-electron chi connectivity index (χ4n) is 1.40. The lowest BCUT2D eigenvalue weighted by Gasteiger charge is -2.14. The molecule has 0 aliphatic carbocycles. The predicted octanol–water partition coefficient (Wildman–Crippen LogP) is 2.95. The Labute approximate surface area is 106 Å². The molecule has 0 aliphatic heterocycles. The second kappa shape index (κ2) is 5.27. The van der Waals surface area contributed by atoms with E-state index < -0.39 is 29.7 Å². The van der Waals surface area contributed by atoms with Gasteiger partial charge in [0.15, 0.2) is 0 Å². The van der Waals surface area contributed by atoms with Crippen LogP contribution in [0, 0.1) is 11.3 Å². The number of alkyl halides is 3. The fourth-order valence-corrected chi connectivity index (χ4v) is 1.61. The molecule has 0 bridgehead atoms. The summed E-state index contributed by atoms with van der Waals surface area (Å²) in [6.07, 6.45) is -5.33. The summed E-state index contributed by atoms with van der Waals surface area (Å²) in [5.74, 6) is -0.862. The molecule has 0 unspecified atom stereocenters. The zero-order valence-corrected chi connectivity index (χ0v) is 9.89. The Hall–Kier alpha value is -1.74. The van der Waals surface area contributed by atoms with E-state index in [0.717, 1.165) is 13.2 Å². The van der Waals surface area contributed by atoms with E-state index in [0.29, 0.717) is 6.07 Å². The van der Waals surface area contributed by atoms with Gasteiger partial charge in [-0.3, -0.25) is 4.79 Å². The van der Waals surface area contributed by atoms with Crippen LogP contribution in [0.2, 0.25) is 5.02 Å². The van der Waals surface area contributed by atoms with Crippen LogP contribution in [-0.4, -0.2) is 13.1 Å². The standard InChI is InChI=1S/C11H7ClF3NO2/c1-18-10(17)4-8-6(5-16)2-7(12)3-9(8)11(13,14)15/h2-3H,4H2,1H3. The highest BCUT2D eigenvalue weighted by molar-refractivity contribution is 6.30. The van der Waals surface area contributed by atoms with Gasteiger partial charge >= 0.3 is 12.1 Å². The highest BCUT2D eigenvalue weighted by Crippen LogP contribution is 2.35. The number of nitriles is 1. The van der Waals surface area contributed by atoms with Crippen molar-refractivity contribution in [1.82, 2.24) is 0 Å². The summed E-state index contributed by atoms with van der Waals surface area (Å²) in [4.78, 5) is 11.1. The molecule has 0 N–H and O–H groups in total. The van der Waals surface area contributed by atoms with E-state index in [1.807, 2.05) is 0 Å². The molecule has 0 spiro atoms. The molecule has 0 aliphatic rings. The Morgan fingerprint density at radius 2 is 2.11 bits per heavy atom. The Kier molecular flexibility index (Phi) is 4.19. The van der Waals surface area contributed by atoms with Gasteiger partial charge in [-0.25, -0.2) is 0 Å². The van der Waals surface area contributed by atoms with Crippen molar-refractivity contribution in [3.63, 3.8) is 0 Å². The van der Waals surface area contributed by atoms with Crippen molar-refractivity contribution in [2.75, 3.05) is 7.11 Å². The molecule has 1 aromatic rings. The van der Waals surface area contributed by atoms with Gasteiger partial charge in [-0.1, -0.05) is 11.6 Å². The lowest BCUT2D eigenvalue weighted by molar-refractivity contribution is -0.141. The summed E-state index contributed by atoms with van der Waals surface area (Å²) in [5.41, 5.74) is -1.82. The lowest BCUT2D eigenvalue weighted by Crippen LogP contribution is -2.15. The summed E-state index contributed by atoms with van der Waals surface area (Å²) in [7, 11) is 1.05. The first kappa shape index (κ1) is 14.3. The van der Waals surface area contributed by atoms with Crippen LogP contribution >= 0.6 is 11.6 Å². The number of rotatable bonds is 2. The second-order valence-corrected chi connectivity index (χ2v) is 3.78. The number of hydrogen-bond donors (Lipinski definition) is 0. The van der Waals surface area contributed by atoms with Gasteiger partial charge in [-0.15, -0.1) is 0 Å². The average Bonchev–Trinajstić information content (AvgIpc) is 2.29. The monoisotopic (exact) mass is 277 g/mol. The summed E-state index contributed by atoms with van der Waals surface area (Å²) in [5, 5.41) is 8.58. The SMILES string of the molecule is COC(=O)Cc1c(C#N)cc(Cl)cc1C(F)(F)F. The van der Waals surface area contributed by atoms with Gasteiger partial charge in [0.1, 0.15) is 0 Å². The first-order chi connectivity index (χ1) is 8.29. The van der Waals surface area contributed by atoms with Gasteiger partial charge in [0.05, 0.1) is 30.7 Å². The van der Waals surface area contributed by atoms with Crippen molar-refractivity contribution in [1.29, 1.82) is 5.26 Å². The van der Waals surface area contributed by atoms with Gasteiger partial charge < -0.3 is 4.74 Å². The van der Waals surface area contributed by atoms with Crippen LogP contribution < -0.4 is 0 Å². The third-order valence-electron chi connectivity index (χ3n) is 2.19. The maximum atomic E-state index is 12.8. The highest BCUT2D eigenvalue weighted by Gasteiger charge is 2.35. The normalized spacial score (nSPS) is 10.9. The number of hydrogen-bond acceptors (Lipinski definition) is 3. The Morgan fingerprint density at radius 1 is 1.50 bits per heavy atom. The van der Waals surface area contributed by atoms with E-state index in [9.17, 15) is 18.0 Å². The maximum Gasteiger partial charge on any atom is 0.416 e. The third-order valence-corrected chi connectivity index (χ3v) is 2.41. The number of carbonyl (C=O) groups excluding carboxylic acids is 1. The van der Waals surface area contributed by atoms with Gasteiger partial charge in [-0.05, 0) is 17.7 Å². The predicted molar refractivity (Wildman–Crippen MR) is 56.9 cm³/mol. The molecule has 7 heteroatoms. The molecule has 0 radical (unpaired) electrons. The number of nitrogens with zero attached hydrogens (tertiary/aromatic N) is 1. The van der Waals surface area contributed by atoms with E-state index in [2.05, 4.69) is 4.74 Å². The van der Waals surface area contributed by atoms with Gasteiger partial charge in [0, 0.05) is 5.02 Å². The fraction of sp³-hybridized carbons (Fsp3) is 0.273. The van der Waals surface area contributed by atoms with Crippen molar-refractivity contribution in [2.24, 2.45) is 0 Å².